The van der Waals surface area contributed by atoms with Crippen LogP contribution in [-0.4, -0.2) is 22.4 Å². The molecule has 12 heavy (non-hydrogen) atoms. The lowest BCUT2D eigenvalue weighted by Crippen LogP contribution is -2.17. The third-order valence-electron chi connectivity index (χ3n) is 2.09. The second-order valence-corrected chi connectivity index (χ2v) is 3.92. The summed E-state index contributed by atoms with van der Waals surface area (Å²) in [6, 6.07) is 0. The van der Waals surface area contributed by atoms with Crippen molar-refractivity contribution in [3.8, 4) is 0 Å². The van der Waals surface area contributed by atoms with Crippen LogP contribution < -0.4 is 0 Å². The average molecular weight is 174 g/mol. The molecular formula is C10H22O2. The van der Waals surface area contributed by atoms with Gasteiger partial charge in [-0.15, -0.1) is 0 Å². The zero-order valence-electron chi connectivity index (χ0n) is 8.45. The molecule has 0 aliphatic carbocycles. The molecule has 2 atom stereocenters. The molecule has 0 rings (SSSR count). The zero-order valence-corrected chi connectivity index (χ0v) is 8.45. The quantitative estimate of drug-likeness (QED) is 0.646. The van der Waals surface area contributed by atoms with Crippen molar-refractivity contribution in [2.24, 2.45) is 5.92 Å². The van der Waals surface area contributed by atoms with E-state index in [1.807, 2.05) is 6.92 Å². The maximum Gasteiger partial charge on any atom is 0.0565 e. The highest BCUT2D eigenvalue weighted by Crippen LogP contribution is 2.11. The van der Waals surface area contributed by atoms with Crippen LogP contribution in [0.25, 0.3) is 0 Å². The molecule has 2 N–H and O–H groups in total. The van der Waals surface area contributed by atoms with Crippen molar-refractivity contribution in [1.82, 2.24) is 0 Å². The molecule has 2 nitrogen and oxygen atoms in total. The van der Waals surface area contributed by atoms with Crippen LogP contribution in [0.4, 0.5) is 0 Å². The van der Waals surface area contributed by atoms with E-state index in [2.05, 4.69) is 13.8 Å². The Labute approximate surface area is 75.6 Å². The van der Waals surface area contributed by atoms with E-state index in [-0.39, 0.29) is 12.2 Å². The van der Waals surface area contributed by atoms with Gasteiger partial charge < -0.3 is 10.2 Å². The maximum atomic E-state index is 9.44. The Kier molecular flexibility index (Phi) is 6.39. The molecule has 74 valence electrons. The molecule has 0 radical (unpaired) electrons. The van der Waals surface area contributed by atoms with Gasteiger partial charge in [-0.2, -0.15) is 0 Å². The molecule has 0 aliphatic heterocycles. The van der Waals surface area contributed by atoms with Gasteiger partial charge in [0, 0.05) is 0 Å². The smallest absolute Gasteiger partial charge is 0.0565 e. The van der Waals surface area contributed by atoms with Crippen LogP contribution >= 0.6 is 0 Å². The van der Waals surface area contributed by atoms with Gasteiger partial charge in [-0.25, -0.2) is 0 Å². The molecule has 2 heteroatoms. The van der Waals surface area contributed by atoms with E-state index < -0.39 is 0 Å². The van der Waals surface area contributed by atoms with Crippen LogP contribution in [0.2, 0.25) is 0 Å². The van der Waals surface area contributed by atoms with Crippen molar-refractivity contribution >= 4 is 0 Å². The van der Waals surface area contributed by atoms with Crippen LogP contribution in [0.3, 0.4) is 0 Å². The summed E-state index contributed by atoms with van der Waals surface area (Å²) >= 11 is 0. The van der Waals surface area contributed by atoms with Crippen molar-refractivity contribution < 1.29 is 10.2 Å². The van der Waals surface area contributed by atoms with Gasteiger partial charge in [0.25, 0.3) is 0 Å². The summed E-state index contributed by atoms with van der Waals surface area (Å²) in [6.07, 6.45) is 2.48. The summed E-state index contributed by atoms with van der Waals surface area (Å²) in [5, 5.41) is 18.7. The van der Waals surface area contributed by atoms with E-state index in [1.165, 1.54) is 0 Å². The van der Waals surface area contributed by atoms with E-state index >= 15 is 0 Å². The molecule has 0 amide bonds. The molecular weight excluding hydrogens is 152 g/mol. The summed E-state index contributed by atoms with van der Waals surface area (Å²) < 4.78 is 0. The Morgan fingerprint density at radius 2 is 1.58 bits per heavy atom. The predicted octanol–water partition coefficient (Wildman–Crippen LogP) is 1.94. The van der Waals surface area contributed by atoms with Crippen LogP contribution in [0.5, 0.6) is 0 Å². The third-order valence-corrected chi connectivity index (χ3v) is 2.09. The van der Waals surface area contributed by atoms with Gasteiger partial charge in [-0.3, -0.25) is 0 Å². The van der Waals surface area contributed by atoms with E-state index in [1.54, 1.807) is 0 Å². The number of rotatable bonds is 6. The lowest BCUT2D eigenvalue weighted by Gasteiger charge is -2.14. The Morgan fingerprint density at radius 1 is 1.00 bits per heavy atom. The van der Waals surface area contributed by atoms with Crippen molar-refractivity contribution in [2.45, 2.75) is 58.7 Å². The van der Waals surface area contributed by atoms with Crippen LogP contribution in [0.1, 0.15) is 46.5 Å². The lowest BCUT2D eigenvalue weighted by molar-refractivity contribution is 0.0705. The van der Waals surface area contributed by atoms with Crippen molar-refractivity contribution in [1.29, 1.82) is 0 Å². The van der Waals surface area contributed by atoms with E-state index in [4.69, 9.17) is 0 Å². The fourth-order valence-electron chi connectivity index (χ4n) is 1.12. The first-order valence-electron chi connectivity index (χ1n) is 4.92. The molecule has 0 heterocycles. The number of hydrogen-bond acceptors (Lipinski definition) is 2. The summed E-state index contributed by atoms with van der Waals surface area (Å²) in [4.78, 5) is 0. The van der Waals surface area contributed by atoms with Crippen LogP contribution in [0.15, 0.2) is 0 Å². The first-order valence-corrected chi connectivity index (χ1v) is 4.92. The fourth-order valence-corrected chi connectivity index (χ4v) is 1.12. The minimum atomic E-state index is -0.327. The first-order chi connectivity index (χ1) is 5.56. The monoisotopic (exact) mass is 174 g/mol. The fraction of sp³-hybridized carbons (Fsp3) is 1.00. The van der Waals surface area contributed by atoms with Crippen molar-refractivity contribution in [3.63, 3.8) is 0 Å². The summed E-state index contributed by atoms with van der Waals surface area (Å²) in [5.41, 5.74) is 0. The normalized spacial score (nSPS) is 16.5. The first kappa shape index (κ1) is 11.9. The predicted molar refractivity (Wildman–Crippen MR) is 51.0 cm³/mol. The second kappa shape index (κ2) is 6.44. The highest BCUT2D eigenvalue weighted by Gasteiger charge is 2.10. The van der Waals surface area contributed by atoms with Crippen LogP contribution in [0, 0.1) is 5.92 Å². The Bertz CT molecular complexity index is 102. The molecule has 0 aromatic heterocycles. The molecule has 0 fully saturated rings. The van der Waals surface area contributed by atoms with E-state index in [0.29, 0.717) is 12.3 Å². The number of hydrogen-bond donors (Lipinski definition) is 2. The number of aliphatic hydroxyl groups excluding tert-OH is 2. The molecule has 0 spiro atoms. The molecule has 1 unspecified atom stereocenters. The lowest BCUT2D eigenvalue weighted by atomic mass is 10.0. The minimum Gasteiger partial charge on any atom is -0.393 e. The molecule has 0 saturated carbocycles. The Balaban J connectivity index is 3.39. The van der Waals surface area contributed by atoms with Gasteiger partial charge in [0.05, 0.1) is 12.2 Å². The van der Waals surface area contributed by atoms with Gasteiger partial charge in [-0.05, 0) is 31.6 Å². The second-order valence-electron chi connectivity index (χ2n) is 3.92. The Morgan fingerprint density at radius 3 is 2.00 bits per heavy atom. The molecule has 0 aliphatic rings. The van der Waals surface area contributed by atoms with E-state index in [0.717, 1.165) is 19.3 Å². The van der Waals surface area contributed by atoms with Gasteiger partial charge >= 0.3 is 0 Å². The van der Waals surface area contributed by atoms with Gasteiger partial charge in [-0.1, -0.05) is 20.8 Å². The molecule has 0 aromatic carbocycles. The Hall–Kier alpha value is -0.0800. The average Bonchev–Trinajstić information content (AvgIpc) is 2.00. The van der Waals surface area contributed by atoms with Gasteiger partial charge in [0.15, 0.2) is 0 Å². The van der Waals surface area contributed by atoms with Crippen LogP contribution in [-0.2, 0) is 0 Å². The maximum absolute atomic E-state index is 9.44. The SMILES string of the molecule is CC[C@H](O)CC(O)CCC(C)C. The molecule has 0 saturated heterocycles. The van der Waals surface area contributed by atoms with Crippen molar-refractivity contribution in [3.05, 3.63) is 0 Å². The topological polar surface area (TPSA) is 40.5 Å². The highest BCUT2D eigenvalue weighted by atomic mass is 16.3. The largest absolute Gasteiger partial charge is 0.393 e. The highest BCUT2D eigenvalue weighted by molar-refractivity contribution is 4.62. The van der Waals surface area contributed by atoms with E-state index in [9.17, 15) is 10.2 Å². The molecule has 0 bridgehead atoms. The third kappa shape index (κ3) is 6.62. The number of aliphatic hydroxyl groups is 2. The minimum absolute atomic E-state index is 0.317. The molecule has 0 aromatic rings. The van der Waals surface area contributed by atoms with Crippen molar-refractivity contribution in [2.75, 3.05) is 0 Å². The zero-order chi connectivity index (χ0) is 9.56. The van der Waals surface area contributed by atoms with Gasteiger partial charge in [0.1, 0.15) is 0 Å². The summed E-state index contributed by atoms with van der Waals surface area (Å²) in [5.74, 6) is 0.637. The summed E-state index contributed by atoms with van der Waals surface area (Å²) in [7, 11) is 0. The summed E-state index contributed by atoms with van der Waals surface area (Å²) in [6.45, 7) is 6.21. The van der Waals surface area contributed by atoms with Gasteiger partial charge in [0.2, 0.25) is 0 Å². The standard InChI is InChI=1S/C10H22O2/c1-4-9(11)7-10(12)6-5-8(2)3/h8-12H,4-7H2,1-3H3/t9-,10?/m0/s1.